The average Bonchev–Trinajstić information content (AvgIpc) is 3.07. The molecule has 25 heavy (non-hydrogen) atoms. The first kappa shape index (κ1) is 16.5. The van der Waals surface area contributed by atoms with Crippen LogP contribution in [0.2, 0.25) is 0 Å². The summed E-state index contributed by atoms with van der Waals surface area (Å²) in [5.74, 6) is -0.351. The van der Waals surface area contributed by atoms with E-state index in [1.165, 1.54) is 14.2 Å². The number of nitrogens with one attached hydrogen (secondary N) is 1. The Morgan fingerprint density at radius 1 is 1.20 bits per heavy atom. The summed E-state index contributed by atoms with van der Waals surface area (Å²) in [5.41, 5.74) is 2.90. The summed E-state index contributed by atoms with van der Waals surface area (Å²) in [6, 6.07) is 14.7. The highest BCUT2D eigenvalue weighted by Gasteiger charge is 2.18. The number of nitrogens with zero attached hydrogens (tertiary/aromatic N) is 2. The van der Waals surface area contributed by atoms with Crippen LogP contribution >= 0.6 is 0 Å². The summed E-state index contributed by atoms with van der Waals surface area (Å²) in [6.07, 6.45) is 0.168. The van der Waals surface area contributed by atoms with Gasteiger partial charge in [0.25, 0.3) is 5.91 Å². The number of aromatic nitrogens is 1. The number of benzene rings is 2. The molecular formula is C18H17N3O4. The van der Waals surface area contributed by atoms with Gasteiger partial charge in [0.1, 0.15) is 19.2 Å². The van der Waals surface area contributed by atoms with E-state index in [9.17, 15) is 4.79 Å². The number of hydrogen-bond acceptors (Lipinski definition) is 6. The molecule has 7 heteroatoms. The SMILES string of the molecule is CNC(=O)C(=NOC)c1ccccc1COc1nc2ccccc2o1. The van der Waals surface area contributed by atoms with Crippen LogP contribution in [-0.2, 0) is 16.2 Å². The molecule has 0 aliphatic carbocycles. The van der Waals surface area contributed by atoms with Crippen molar-refractivity contribution < 1.29 is 18.8 Å². The maximum Gasteiger partial charge on any atom is 0.394 e. The minimum Gasteiger partial charge on any atom is -0.445 e. The van der Waals surface area contributed by atoms with E-state index in [0.29, 0.717) is 11.1 Å². The molecule has 0 aliphatic rings. The van der Waals surface area contributed by atoms with Gasteiger partial charge >= 0.3 is 6.08 Å². The lowest BCUT2D eigenvalue weighted by atomic mass is 10.0. The number of likely N-dealkylation sites (N-methyl/N-ethyl adjacent to an activating group) is 1. The van der Waals surface area contributed by atoms with Crippen LogP contribution in [0.3, 0.4) is 0 Å². The van der Waals surface area contributed by atoms with Crippen molar-refractivity contribution in [1.82, 2.24) is 10.3 Å². The molecular weight excluding hydrogens is 322 g/mol. The Morgan fingerprint density at radius 2 is 1.96 bits per heavy atom. The molecule has 1 N–H and O–H groups in total. The molecule has 3 rings (SSSR count). The number of fused-ring (bicyclic) bond motifs is 1. The quantitative estimate of drug-likeness (QED) is 0.551. The second kappa shape index (κ2) is 7.48. The van der Waals surface area contributed by atoms with Gasteiger partial charge in [-0.2, -0.15) is 4.98 Å². The number of hydrogen-bond donors (Lipinski definition) is 1. The Balaban J connectivity index is 1.85. The Bertz CT molecular complexity index is 884. The molecule has 0 spiro atoms. The van der Waals surface area contributed by atoms with Gasteiger partial charge < -0.3 is 19.3 Å². The lowest BCUT2D eigenvalue weighted by Crippen LogP contribution is -2.29. The van der Waals surface area contributed by atoms with Crippen LogP contribution in [-0.4, -0.2) is 30.8 Å². The number of carbonyl (C=O) groups is 1. The Kier molecular flexibility index (Phi) is 4.94. The summed E-state index contributed by atoms with van der Waals surface area (Å²) < 4.78 is 11.2. The standard InChI is InChI=1S/C18H17N3O4/c1-19-17(22)16(21-23-2)13-8-4-3-7-12(13)11-24-18-20-14-9-5-6-10-15(14)25-18/h3-10H,11H2,1-2H3,(H,19,22). The molecule has 0 saturated heterocycles. The first-order valence-corrected chi connectivity index (χ1v) is 7.63. The second-order valence-corrected chi connectivity index (χ2v) is 5.09. The van der Waals surface area contributed by atoms with E-state index in [1.807, 2.05) is 42.5 Å². The highest BCUT2D eigenvalue weighted by Crippen LogP contribution is 2.21. The topological polar surface area (TPSA) is 86.0 Å². The van der Waals surface area contributed by atoms with Crippen molar-refractivity contribution in [2.24, 2.45) is 5.16 Å². The zero-order chi connectivity index (χ0) is 17.6. The highest BCUT2D eigenvalue weighted by molar-refractivity contribution is 6.45. The smallest absolute Gasteiger partial charge is 0.394 e. The molecule has 3 aromatic rings. The summed E-state index contributed by atoms with van der Waals surface area (Å²) in [5, 5.41) is 6.37. The Morgan fingerprint density at radius 3 is 2.72 bits per heavy atom. The first-order valence-electron chi connectivity index (χ1n) is 7.63. The van der Waals surface area contributed by atoms with Gasteiger partial charge in [-0.15, -0.1) is 0 Å². The van der Waals surface area contributed by atoms with Crippen LogP contribution in [0.25, 0.3) is 11.1 Å². The predicted molar refractivity (Wildman–Crippen MR) is 92.4 cm³/mol. The van der Waals surface area contributed by atoms with Crippen LogP contribution in [0.5, 0.6) is 6.08 Å². The summed E-state index contributed by atoms with van der Waals surface area (Å²) in [7, 11) is 2.92. The van der Waals surface area contributed by atoms with E-state index in [-0.39, 0.29) is 24.3 Å². The highest BCUT2D eigenvalue weighted by atomic mass is 16.6. The summed E-state index contributed by atoms with van der Waals surface area (Å²) in [4.78, 5) is 21.1. The predicted octanol–water partition coefficient (Wildman–Crippen LogP) is 2.50. The molecule has 0 aliphatic heterocycles. The molecule has 0 saturated carbocycles. The number of rotatable bonds is 6. The van der Waals surface area contributed by atoms with Gasteiger partial charge in [-0.25, -0.2) is 0 Å². The number of ether oxygens (including phenoxy) is 1. The minimum absolute atomic E-state index is 0.168. The van der Waals surface area contributed by atoms with Crippen LogP contribution in [0.1, 0.15) is 11.1 Å². The zero-order valence-electron chi connectivity index (χ0n) is 13.9. The van der Waals surface area contributed by atoms with E-state index in [0.717, 1.165) is 11.1 Å². The van der Waals surface area contributed by atoms with E-state index < -0.39 is 0 Å². The normalized spacial score (nSPS) is 11.4. The zero-order valence-corrected chi connectivity index (χ0v) is 13.9. The van der Waals surface area contributed by atoms with Crippen molar-refractivity contribution in [2.45, 2.75) is 6.61 Å². The fourth-order valence-electron chi connectivity index (χ4n) is 2.35. The molecule has 0 radical (unpaired) electrons. The van der Waals surface area contributed by atoms with Gasteiger partial charge in [-0.3, -0.25) is 4.79 Å². The van der Waals surface area contributed by atoms with Gasteiger partial charge in [-0.1, -0.05) is 41.6 Å². The fourth-order valence-corrected chi connectivity index (χ4v) is 2.35. The third-order valence-corrected chi connectivity index (χ3v) is 3.52. The lowest BCUT2D eigenvalue weighted by Gasteiger charge is -2.10. The number of amides is 1. The van der Waals surface area contributed by atoms with Crippen LogP contribution < -0.4 is 10.1 Å². The van der Waals surface area contributed by atoms with Crippen molar-refractivity contribution in [3.8, 4) is 6.08 Å². The minimum atomic E-state index is -0.351. The second-order valence-electron chi connectivity index (χ2n) is 5.09. The molecule has 1 aromatic heterocycles. The molecule has 1 heterocycles. The summed E-state index contributed by atoms with van der Waals surface area (Å²) >= 11 is 0. The monoisotopic (exact) mass is 339 g/mol. The van der Waals surface area contributed by atoms with Crippen LogP contribution in [0.4, 0.5) is 0 Å². The maximum absolute atomic E-state index is 12.1. The van der Waals surface area contributed by atoms with Crippen molar-refractivity contribution in [3.05, 3.63) is 59.7 Å². The first-order chi connectivity index (χ1) is 12.2. The van der Waals surface area contributed by atoms with E-state index >= 15 is 0 Å². The number of oxazole rings is 1. The van der Waals surface area contributed by atoms with E-state index in [2.05, 4.69) is 15.5 Å². The van der Waals surface area contributed by atoms with Crippen molar-refractivity contribution in [3.63, 3.8) is 0 Å². The van der Waals surface area contributed by atoms with Crippen molar-refractivity contribution in [1.29, 1.82) is 0 Å². The van der Waals surface area contributed by atoms with Crippen molar-refractivity contribution >= 4 is 22.7 Å². The van der Waals surface area contributed by atoms with Gasteiger partial charge in [0.2, 0.25) is 0 Å². The summed E-state index contributed by atoms with van der Waals surface area (Å²) in [6.45, 7) is 0.169. The third kappa shape index (κ3) is 3.60. The number of oxime groups is 1. The molecule has 0 fully saturated rings. The van der Waals surface area contributed by atoms with Gasteiger partial charge in [0.15, 0.2) is 11.3 Å². The number of carbonyl (C=O) groups excluding carboxylic acids is 1. The number of para-hydroxylation sites is 2. The Hall–Kier alpha value is -3.35. The van der Waals surface area contributed by atoms with E-state index in [4.69, 9.17) is 14.0 Å². The van der Waals surface area contributed by atoms with Crippen LogP contribution in [0, 0.1) is 0 Å². The molecule has 0 atom stereocenters. The maximum atomic E-state index is 12.1. The molecule has 1 amide bonds. The van der Waals surface area contributed by atoms with Crippen molar-refractivity contribution in [2.75, 3.05) is 14.2 Å². The molecule has 128 valence electrons. The van der Waals surface area contributed by atoms with Gasteiger partial charge in [0.05, 0.1) is 0 Å². The third-order valence-electron chi connectivity index (χ3n) is 3.52. The fraction of sp³-hybridized carbons (Fsp3) is 0.167. The molecule has 0 unspecified atom stereocenters. The molecule has 2 aromatic carbocycles. The Labute approximate surface area is 144 Å². The van der Waals surface area contributed by atoms with E-state index in [1.54, 1.807) is 6.07 Å². The largest absolute Gasteiger partial charge is 0.445 e. The van der Waals surface area contributed by atoms with Crippen LogP contribution in [0.15, 0.2) is 58.1 Å². The van der Waals surface area contributed by atoms with Gasteiger partial charge in [0, 0.05) is 12.6 Å². The molecule has 0 bridgehead atoms. The molecule has 7 nitrogen and oxygen atoms in total. The van der Waals surface area contributed by atoms with Gasteiger partial charge in [-0.05, 0) is 17.7 Å². The average molecular weight is 339 g/mol. The lowest BCUT2D eigenvalue weighted by molar-refractivity contribution is -0.114.